The summed E-state index contributed by atoms with van der Waals surface area (Å²) >= 11 is 1.33. The third kappa shape index (κ3) is 2.95. The summed E-state index contributed by atoms with van der Waals surface area (Å²) in [6.45, 7) is 6.38. The summed E-state index contributed by atoms with van der Waals surface area (Å²) in [4.78, 5) is 26.4. The Morgan fingerprint density at radius 2 is 2.05 bits per heavy atom. The Bertz CT molecular complexity index is 535. The van der Waals surface area contributed by atoms with Crippen LogP contribution in [0.4, 0.5) is 9.80 Å². The van der Waals surface area contributed by atoms with Gasteiger partial charge < -0.3 is 10.0 Å². The molecule has 0 aromatic carbocycles. The van der Waals surface area contributed by atoms with E-state index in [9.17, 15) is 14.7 Å². The maximum atomic E-state index is 12.3. The number of hydrogen-bond donors (Lipinski definition) is 2. The van der Waals surface area contributed by atoms with Gasteiger partial charge in [0.2, 0.25) is 0 Å². The zero-order valence-corrected chi connectivity index (χ0v) is 12.8. The van der Waals surface area contributed by atoms with Crippen molar-refractivity contribution in [2.75, 3.05) is 11.9 Å². The van der Waals surface area contributed by atoms with Gasteiger partial charge in [0.15, 0.2) is 0 Å². The van der Waals surface area contributed by atoms with Crippen LogP contribution in [-0.4, -0.2) is 34.6 Å². The number of carboxylic acid groups (broad SMARTS) is 1. The average Bonchev–Trinajstić information content (AvgIpc) is 3.15. The van der Waals surface area contributed by atoms with Crippen molar-refractivity contribution < 1.29 is 14.7 Å². The molecule has 1 saturated carbocycles. The molecular formula is C14H20N2O3S. The molecule has 6 heteroatoms. The van der Waals surface area contributed by atoms with Crippen LogP contribution in [0, 0.1) is 13.8 Å². The molecule has 2 amide bonds. The lowest BCUT2D eigenvalue weighted by atomic mass is 10.1. The molecule has 0 radical (unpaired) electrons. The number of aryl methyl sites for hydroxylation is 1. The van der Waals surface area contributed by atoms with Crippen LogP contribution in [0.2, 0.25) is 0 Å². The Morgan fingerprint density at radius 3 is 2.55 bits per heavy atom. The average molecular weight is 296 g/mol. The van der Waals surface area contributed by atoms with E-state index in [0.717, 1.165) is 29.7 Å². The Kier molecular flexibility index (Phi) is 4.32. The van der Waals surface area contributed by atoms with Crippen LogP contribution in [0.1, 0.15) is 47.0 Å². The van der Waals surface area contributed by atoms with Crippen LogP contribution in [-0.2, 0) is 0 Å². The van der Waals surface area contributed by atoms with Gasteiger partial charge in [0.1, 0.15) is 5.00 Å². The van der Waals surface area contributed by atoms with Gasteiger partial charge >= 0.3 is 12.0 Å². The zero-order chi connectivity index (χ0) is 14.9. The van der Waals surface area contributed by atoms with Gasteiger partial charge in [-0.25, -0.2) is 9.59 Å². The molecule has 2 N–H and O–H groups in total. The summed E-state index contributed by atoms with van der Waals surface area (Å²) in [6, 6.07) is 0.142. The van der Waals surface area contributed by atoms with Crippen molar-refractivity contribution >= 4 is 28.3 Å². The molecule has 5 nitrogen and oxygen atoms in total. The lowest BCUT2D eigenvalue weighted by Gasteiger charge is -2.21. The number of anilines is 1. The number of nitrogens with one attached hydrogen (secondary N) is 1. The molecule has 0 saturated heterocycles. The van der Waals surface area contributed by atoms with Crippen molar-refractivity contribution in [3.8, 4) is 0 Å². The topological polar surface area (TPSA) is 69.6 Å². The second-order valence-electron chi connectivity index (χ2n) is 5.15. The van der Waals surface area contributed by atoms with Crippen molar-refractivity contribution in [1.82, 2.24) is 4.90 Å². The Balaban J connectivity index is 2.18. The van der Waals surface area contributed by atoms with Crippen molar-refractivity contribution in [3.05, 3.63) is 16.0 Å². The molecule has 1 aromatic rings. The van der Waals surface area contributed by atoms with Gasteiger partial charge in [0.05, 0.1) is 5.56 Å². The summed E-state index contributed by atoms with van der Waals surface area (Å²) in [5.74, 6) is -0.990. The second kappa shape index (κ2) is 5.83. The highest BCUT2D eigenvalue weighted by Crippen LogP contribution is 2.33. The summed E-state index contributed by atoms with van der Waals surface area (Å²) in [6.07, 6.45) is 2.99. The summed E-state index contributed by atoms with van der Waals surface area (Å²) in [7, 11) is 0. The number of carboxylic acids is 1. The van der Waals surface area contributed by atoms with Crippen molar-refractivity contribution in [2.45, 2.75) is 46.1 Å². The van der Waals surface area contributed by atoms with Crippen molar-refractivity contribution in [3.63, 3.8) is 0 Å². The normalized spacial score (nSPS) is 14.2. The minimum atomic E-state index is -0.990. The number of urea groups is 1. The van der Waals surface area contributed by atoms with Crippen LogP contribution in [0.5, 0.6) is 0 Å². The van der Waals surface area contributed by atoms with Crippen LogP contribution in [0.15, 0.2) is 0 Å². The maximum absolute atomic E-state index is 12.3. The standard InChI is InChI=1S/C14H20N2O3S/c1-4-7-16(10-5-6-10)14(19)15-12-11(13(17)18)8(2)9(3)20-12/h10H,4-7H2,1-3H3,(H,15,19)(H,17,18). The van der Waals surface area contributed by atoms with E-state index in [1.165, 1.54) is 11.3 Å². The van der Waals surface area contributed by atoms with E-state index in [1.54, 1.807) is 6.92 Å². The van der Waals surface area contributed by atoms with Gasteiger partial charge in [-0.05, 0) is 38.7 Å². The van der Waals surface area contributed by atoms with Crippen LogP contribution in [0.25, 0.3) is 0 Å². The molecule has 1 heterocycles. The van der Waals surface area contributed by atoms with E-state index in [4.69, 9.17) is 0 Å². The first-order chi connectivity index (χ1) is 9.45. The number of aromatic carboxylic acids is 1. The summed E-state index contributed by atoms with van der Waals surface area (Å²) in [5, 5.41) is 12.5. The van der Waals surface area contributed by atoms with Crippen LogP contribution >= 0.6 is 11.3 Å². The summed E-state index contributed by atoms with van der Waals surface area (Å²) in [5.41, 5.74) is 0.944. The van der Waals surface area contributed by atoms with Gasteiger partial charge in [-0.2, -0.15) is 0 Å². The number of thiophene rings is 1. The van der Waals surface area contributed by atoms with E-state index in [0.29, 0.717) is 17.6 Å². The minimum Gasteiger partial charge on any atom is -0.478 e. The Hall–Kier alpha value is -1.56. The molecule has 2 rings (SSSR count). The monoisotopic (exact) mass is 296 g/mol. The SMILES string of the molecule is CCCN(C(=O)Nc1sc(C)c(C)c1C(=O)O)C1CC1. The van der Waals surface area contributed by atoms with Gasteiger partial charge in [0, 0.05) is 17.5 Å². The largest absolute Gasteiger partial charge is 0.478 e. The number of carbonyl (C=O) groups excluding carboxylic acids is 1. The smallest absolute Gasteiger partial charge is 0.338 e. The van der Waals surface area contributed by atoms with Crippen molar-refractivity contribution in [1.29, 1.82) is 0 Å². The quantitative estimate of drug-likeness (QED) is 0.874. The van der Waals surface area contributed by atoms with E-state index in [-0.39, 0.29) is 11.6 Å². The van der Waals surface area contributed by atoms with Gasteiger partial charge in [-0.15, -0.1) is 11.3 Å². The first-order valence-corrected chi connectivity index (χ1v) is 7.68. The van der Waals surface area contributed by atoms with E-state index in [2.05, 4.69) is 5.32 Å². The number of amides is 2. The molecule has 0 aliphatic heterocycles. The number of carbonyl (C=O) groups is 2. The molecule has 1 aliphatic carbocycles. The highest BCUT2D eigenvalue weighted by molar-refractivity contribution is 7.16. The molecule has 1 aromatic heterocycles. The van der Waals surface area contributed by atoms with Gasteiger partial charge in [-0.3, -0.25) is 5.32 Å². The lowest BCUT2D eigenvalue weighted by Crippen LogP contribution is -2.37. The van der Waals surface area contributed by atoms with Crippen molar-refractivity contribution in [2.24, 2.45) is 0 Å². The first kappa shape index (κ1) is 14.8. The maximum Gasteiger partial charge on any atom is 0.338 e. The number of hydrogen-bond acceptors (Lipinski definition) is 3. The highest BCUT2D eigenvalue weighted by atomic mass is 32.1. The molecular weight excluding hydrogens is 276 g/mol. The highest BCUT2D eigenvalue weighted by Gasteiger charge is 2.32. The zero-order valence-electron chi connectivity index (χ0n) is 12.0. The minimum absolute atomic E-state index is 0.182. The molecule has 0 unspecified atom stereocenters. The van der Waals surface area contributed by atoms with E-state index < -0.39 is 5.97 Å². The van der Waals surface area contributed by atoms with Crippen LogP contribution < -0.4 is 5.32 Å². The predicted octanol–water partition coefficient (Wildman–Crippen LogP) is 3.47. The molecule has 0 bridgehead atoms. The molecule has 1 aliphatic rings. The Morgan fingerprint density at radius 1 is 1.40 bits per heavy atom. The number of rotatable bonds is 5. The fraction of sp³-hybridized carbons (Fsp3) is 0.571. The molecule has 110 valence electrons. The summed E-state index contributed by atoms with van der Waals surface area (Å²) < 4.78 is 0. The first-order valence-electron chi connectivity index (χ1n) is 6.86. The Labute approximate surface area is 122 Å². The predicted molar refractivity (Wildman–Crippen MR) is 79.8 cm³/mol. The molecule has 0 spiro atoms. The fourth-order valence-corrected chi connectivity index (χ4v) is 3.26. The van der Waals surface area contributed by atoms with Gasteiger partial charge in [-0.1, -0.05) is 6.92 Å². The third-order valence-corrected chi connectivity index (χ3v) is 4.66. The van der Waals surface area contributed by atoms with E-state index in [1.807, 2.05) is 18.7 Å². The molecule has 20 heavy (non-hydrogen) atoms. The molecule has 0 atom stereocenters. The molecule has 1 fully saturated rings. The lowest BCUT2D eigenvalue weighted by molar-refractivity contribution is 0.0697. The van der Waals surface area contributed by atoms with Gasteiger partial charge in [0.25, 0.3) is 0 Å². The number of nitrogens with zero attached hydrogens (tertiary/aromatic N) is 1. The van der Waals surface area contributed by atoms with E-state index >= 15 is 0 Å². The van der Waals surface area contributed by atoms with Crippen LogP contribution in [0.3, 0.4) is 0 Å². The fourth-order valence-electron chi connectivity index (χ4n) is 2.22. The third-order valence-electron chi connectivity index (χ3n) is 3.53. The second-order valence-corrected chi connectivity index (χ2v) is 6.37.